The van der Waals surface area contributed by atoms with Gasteiger partial charge in [0.2, 0.25) is 0 Å². The number of cyclic esters (lactones) is 1. The van der Waals surface area contributed by atoms with Crippen molar-refractivity contribution < 1.29 is 24.2 Å². The van der Waals surface area contributed by atoms with Crippen LogP contribution in [0.5, 0.6) is 11.5 Å². The largest absolute Gasteiger partial charge is 0.507 e. The summed E-state index contributed by atoms with van der Waals surface area (Å²) in [5.41, 5.74) is 1.52. The van der Waals surface area contributed by atoms with E-state index in [9.17, 15) is 14.7 Å². The van der Waals surface area contributed by atoms with E-state index in [4.69, 9.17) is 21.1 Å². The number of benzene rings is 2. The maximum Gasteiger partial charge on any atom is 0.342 e. The molecule has 164 valence electrons. The Morgan fingerprint density at radius 3 is 2.77 bits per heavy atom. The van der Waals surface area contributed by atoms with Gasteiger partial charge in [-0.05, 0) is 61.9 Å². The summed E-state index contributed by atoms with van der Waals surface area (Å²) in [5, 5.41) is 11.2. The Labute approximate surface area is 187 Å². The minimum atomic E-state index is -0.588. The highest BCUT2D eigenvalue weighted by molar-refractivity contribution is 6.30. The van der Waals surface area contributed by atoms with Crippen LogP contribution in [0.3, 0.4) is 0 Å². The number of carbonyl (C=O) groups excluding carboxylic acids is 2. The number of esters is 1. The highest BCUT2D eigenvalue weighted by Crippen LogP contribution is 2.31. The van der Waals surface area contributed by atoms with Crippen molar-refractivity contribution in [2.24, 2.45) is 0 Å². The zero-order valence-corrected chi connectivity index (χ0v) is 18.4. The second-order valence-corrected chi connectivity index (χ2v) is 8.20. The van der Waals surface area contributed by atoms with Crippen LogP contribution in [0.15, 0.2) is 42.5 Å². The number of aromatic hydroxyl groups is 1. The zero-order chi connectivity index (χ0) is 22.2. The Hall–Kier alpha value is -2.79. The molecule has 0 aliphatic carbocycles. The molecule has 3 rings (SSSR count). The molecule has 1 N–H and O–H groups in total. The van der Waals surface area contributed by atoms with Gasteiger partial charge in [0.1, 0.15) is 29.5 Å². The molecule has 0 bridgehead atoms. The minimum absolute atomic E-state index is 0.117. The van der Waals surface area contributed by atoms with Crippen molar-refractivity contribution in [1.29, 1.82) is 0 Å². The Morgan fingerprint density at radius 1 is 1.16 bits per heavy atom. The van der Waals surface area contributed by atoms with Gasteiger partial charge in [-0.1, -0.05) is 35.9 Å². The number of allylic oxidation sites excluding steroid dienone is 1. The SMILES string of the molecule is C[C@@H]1CCCC(=O)CCCC=Cc2cc(OCc3cccc(Cl)c3)cc(O)c2C(=O)O1. The van der Waals surface area contributed by atoms with E-state index in [1.54, 1.807) is 31.2 Å². The molecule has 0 aromatic heterocycles. The lowest BCUT2D eigenvalue weighted by molar-refractivity contribution is -0.119. The first-order valence-corrected chi connectivity index (χ1v) is 10.9. The maximum atomic E-state index is 12.8. The lowest BCUT2D eigenvalue weighted by atomic mass is 10.0. The Bertz CT molecular complexity index is 966. The standard InChI is InChI=1S/C25H27ClO5/c1-17-7-5-12-21(27)11-4-2-3-9-19-14-22(15-23(28)24(19)25(29)31-17)30-16-18-8-6-10-20(26)13-18/h3,6,8-10,13-15,17,28H,2,4-5,7,11-12,16H2,1H3/t17-/m1/s1. The van der Waals surface area contributed by atoms with Crippen LogP contribution in [-0.4, -0.2) is 23.0 Å². The molecule has 1 aliphatic rings. The van der Waals surface area contributed by atoms with Gasteiger partial charge in [-0.25, -0.2) is 4.79 Å². The lowest BCUT2D eigenvalue weighted by Gasteiger charge is -2.16. The normalized spacial score (nSPS) is 18.1. The van der Waals surface area contributed by atoms with E-state index in [1.807, 2.05) is 18.2 Å². The summed E-state index contributed by atoms with van der Waals surface area (Å²) in [6, 6.07) is 10.5. The minimum Gasteiger partial charge on any atom is -0.507 e. The van der Waals surface area contributed by atoms with E-state index >= 15 is 0 Å². The number of hydrogen-bond donors (Lipinski definition) is 1. The van der Waals surface area contributed by atoms with E-state index in [1.165, 1.54) is 6.07 Å². The van der Waals surface area contributed by atoms with Crippen LogP contribution in [0.1, 0.15) is 66.9 Å². The van der Waals surface area contributed by atoms with Crippen LogP contribution in [0, 0.1) is 0 Å². The predicted octanol–water partition coefficient (Wildman–Crippen LogP) is 6.11. The highest BCUT2D eigenvalue weighted by Gasteiger charge is 2.21. The van der Waals surface area contributed by atoms with E-state index in [0.29, 0.717) is 48.4 Å². The number of phenols is 1. The molecule has 1 heterocycles. The average Bonchev–Trinajstić information content (AvgIpc) is 2.71. The number of Topliss-reactive ketones (excluding diaryl/α,β-unsaturated/α-hetero) is 1. The number of hydrogen-bond acceptors (Lipinski definition) is 5. The number of rotatable bonds is 3. The summed E-state index contributed by atoms with van der Waals surface area (Å²) in [5.74, 6) is -0.117. The molecule has 6 heteroatoms. The van der Waals surface area contributed by atoms with Gasteiger partial charge < -0.3 is 14.6 Å². The number of halogens is 1. The molecule has 1 aliphatic heterocycles. The molecule has 0 spiro atoms. The van der Waals surface area contributed by atoms with Crippen LogP contribution in [0.25, 0.3) is 6.08 Å². The molecule has 0 saturated heterocycles. The van der Waals surface area contributed by atoms with Gasteiger partial charge in [0, 0.05) is 23.9 Å². The van der Waals surface area contributed by atoms with Crippen molar-refractivity contribution in [3.05, 3.63) is 64.2 Å². The van der Waals surface area contributed by atoms with Crippen molar-refractivity contribution >= 4 is 29.4 Å². The molecule has 5 nitrogen and oxygen atoms in total. The van der Waals surface area contributed by atoms with Crippen LogP contribution in [0.2, 0.25) is 5.02 Å². The molecular formula is C25H27ClO5. The third-order valence-electron chi connectivity index (χ3n) is 5.12. The number of ether oxygens (including phenoxy) is 2. The van der Waals surface area contributed by atoms with Crippen molar-refractivity contribution in [3.8, 4) is 11.5 Å². The lowest BCUT2D eigenvalue weighted by Crippen LogP contribution is -2.17. The van der Waals surface area contributed by atoms with Gasteiger partial charge in [-0.3, -0.25) is 4.79 Å². The average molecular weight is 443 g/mol. The third kappa shape index (κ3) is 6.86. The van der Waals surface area contributed by atoms with Crippen molar-refractivity contribution in [2.45, 2.75) is 58.2 Å². The molecule has 0 amide bonds. The molecular weight excluding hydrogens is 416 g/mol. The smallest absolute Gasteiger partial charge is 0.342 e. The van der Waals surface area contributed by atoms with Crippen molar-refractivity contribution in [3.63, 3.8) is 0 Å². The molecule has 2 aromatic carbocycles. The van der Waals surface area contributed by atoms with E-state index in [2.05, 4.69) is 0 Å². The fourth-order valence-electron chi connectivity index (χ4n) is 3.49. The summed E-state index contributed by atoms with van der Waals surface area (Å²) in [6.45, 7) is 2.06. The van der Waals surface area contributed by atoms with E-state index < -0.39 is 5.97 Å². The van der Waals surface area contributed by atoms with Gasteiger partial charge in [-0.15, -0.1) is 0 Å². The molecule has 0 fully saturated rings. The number of carbonyl (C=O) groups is 2. The molecule has 0 saturated carbocycles. The van der Waals surface area contributed by atoms with Gasteiger partial charge in [-0.2, -0.15) is 0 Å². The highest BCUT2D eigenvalue weighted by atomic mass is 35.5. The number of ketones is 1. The zero-order valence-electron chi connectivity index (χ0n) is 17.6. The fraction of sp³-hybridized carbons (Fsp3) is 0.360. The molecule has 0 unspecified atom stereocenters. The fourth-order valence-corrected chi connectivity index (χ4v) is 3.71. The Balaban J connectivity index is 1.85. The Kier molecular flexibility index (Phi) is 8.13. The van der Waals surface area contributed by atoms with Crippen LogP contribution in [-0.2, 0) is 16.1 Å². The quantitative estimate of drug-likeness (QED) is 0.581. The first-order chi connectivity index (χ1) is 14.9. The first-order valence-electron chi connectivity index (χ1n) is 10.6. The van der Waals surface area contributed by atoms with Gasteiger partial charge in [0.15, 0.2) is 0 Å². The number of fused-ring (bicyclic) bond motifs is 1. The maximum absolute atomic E-state index is 12.8. The summed E-state index contributed by atoms with van der Waals surface area (Å²) >= 11 is 6.02. The molecule has 2 aromatic rings. The summed E-state index contributed by atoms with van der Waals surface area (Å²) in [4.78, 5) is 24.7. The van der Waals surface area contributed by atoms with Gasteiger partial charge >= 0.3 is 5.97 Å². The van der Waals surface area contributed by atoms with Crippen LogP contribution in [0.4, 0.5) is 0 Å². The van der Waals surface area contributed by atoms with Gasteiger partial charge in [0.05, 0.1) is 6.10 Å². The van der Waals surface area contributed by atoms with E-state index in [-0.39, 0.29) is 29.8 Å². The summed E-state index contributed by atoms with van der Waals surface area (Å²) < 4.78 is 11.3. The van der Waals surface area contributed by atoms with E-state index in [0.717, 1.165) is 12.0 Å². The third-order valence-corrected chi connectivity index (χ3v) is 5.35. The number of phenolic OH excluding ortho intramolecular Hbond substituents is 1. The Morgan fingerprint density at radius 2 is 1.97 bits per heavy atom. The summed E-state index contributed by atoms with van der Waals surface area (Å²) in [7, 11) is 0. The van der Waals surface area contributed by atoms with Crippen LogP contribution >= 0.6 is 11.6 Å². The predicted molar refractivity (Wildman–Crippen MR) is 121 cm³/mol. The van der Waals surface area contributed by atoms with Crippen molar-refractivity contribution in [2.75, 3.05) is 0 Å². The molecule has 0 radical (unpaired) electrons. The molecule has 31 heavy (non-hydrogen) atoms. The van der Waals surface area contributed by atoms with Gasteiger partial charge in [0.25, 0.3) is 0 Å². The topological polar surface area (TPSA) is 72.8 Å². The second-order valence-electron chi connectivity index (χ2n) is 7.77. The summed E-state index contributed by atoms with van der Waals surface area (Å²) in [6.07, 6.45) is 7.09. The second kappa shape index (κ2) is 11.0. The van der Waals surface area contributed by atoms with Crippen molar-refractivity contribution in [1.82, 2.24) is 0 Å². The monoisotopic (exact) mass is 442 g/mol. The molecule has 1 atom stereocenters. The first kappa shape index (κ1) is 22.9. The van der Waals surface area contributed by atoms with Crippen LogP contribution < -0.4 is 4.74 Å².